The molecule has 0 unspecified atom stereocenters. The molecule has 0 amide bonds. The summed E-state index contributed by atoms with van der Waals surface area (Å²) in [5.74, 6) is -0.286. The van der Waals surface area contributed by atoms with E-state index in [9.17, 15) is 4.79 Å². The van der Waals surface area contributed by atoms with Crippen LogP contribution in [-0.2, 0) is 11.2 Å². The Morgan fingerprint density at radius 1 is 1.67 bits per heavy atom. The van der Waals surface area contributed by atoms with E-state index in [1.807, 2.05) is 0 Å². The molecule has 7 heteroatoms. The minimum absolute atomic E-state index is 0.00234. The zero-order valence-corrected chi connectivity index (χ0v) is 8.71. The maximum absolute atomic E-state index is 10.6. The number of aromatic amines is 1. The van der Waals surface area contributed by atoms with Crippen molar-refractivity contribution in [1.29, 1.82) is 0 Å². The highest BCUT2D eigenvalue weighted by atomic mass is 32.1. The fourth-order valence-corrected chi connectivity index (χ4v) is 2.14. The van der Waals surface area contributed by atoms with Crippen molar-refractivity contribution >= 4 is 17.3 Å². The van der Waals surface area contributed by atoms with Gasteiger partial charge in [0.2, 0.25) is 0 Å². The Balaban J connectivity index is 2.33. The van der Waals surface area contributed by atoms with E-state index in [1.165, 1.54) is 17.7 Å². The number of aliphatic carboxylic acids is 1. The van der Waals surface area contributed by atoms with Crippen LogP contribution >= 0.6 is 11.3 Å². The van der Waals surface area contributed by atoms with Gasteiger partial charge in [-0.15, -0.1) is 11.3 Å². The number of carbonyl (C=O) groups is 1. The first kappa shape index (κ1) is 9.78. The van der Waals surface area contributed by atoms with Crippen molar-refractivity contribution in [3.63, 3.8) is 0 Å². The van der Waals surface area contributed by atoms with Crippen molar-refractivity contribution in [2.75, 3.05) is 0 Å². The second-order valence-electron chi connectivity index (χ2n) is 2.93. The van der Waals surface area contributed by atoms with Gasteiger partial charge in [0.05, 0.1) is 12.1 Å². The molecular weight excluding hydrogens is 216 g/mol. The van der Waals surface area contributed by atoms with Crippen molar-refractivity contribution in [2.45, 2.75) is 13.3 Å². The molecule has 0 fully saturated rings. The number of nitrogens with one attached hydrogen (secondary N) is 1. The first-order valence-corrected chi connectivity index (χ1v) is 5.02. The summed E-state index contributed by atoms with van der Waals surface area (Å²) in [6.45, 7) is 1.79. The Bertz CT molecular complexity index is 477. The summed E-state index contributed by atoms with van der Waals surface area (Å²) in [5, 5.41) is 15.7. The van der Waals surface area contributed by atoms with Crippen LogP contribution in [0.25, 0.3) is 10.8 Å². The van der Waals surface area contributed by atoms with Gasteiger partial charge in [-0.05, 0) is 6.92 Å². The second kappa shape index (κ2) is 3.77. The van der Waals surface area contributed by atoms with E-state index in [-0.39, 0.29) is 6.42 Å². The molecular formula is C8H8N4O2S. The predicted octanol–water partition coefficient (Wildman–Crippen LogP) is 0.864. The third-order valence-electron chi connectivity index (χ3n) is 1.82. The Morgan fingerprint density at radius 3 is 3.07 bits per heavy atom. The molecule has 0 radical (unpaired) electrons. The van der Waals surface area contributed by atoms with Crippen LogP contribution < -0.4 is 0 Å². The minimum atomic E-state index is -0.856. The van der Waals surface area contributed by atoms with Crippen LogP contribution in [0.5, 0.6) is 0 Å². The van der Waals surface area contributed by atoms with Gasteiger partial charge in [-0.25, -0.2) is 9.97 Å². The van der Waals surface area contributed by atoms with Gasteiger partial charge in [-0.1, -0.05) is 0 Å². The zero-order valence-electron chi connectivity index (χ0n) is 7.89. The van der Waals surface area contributed by atoms with Gasteiger partial charge >= 0.3 is 5.97 Å². The maximum atomic E-state index is 10.6. The third-order valence-corrected chi connectivity index (χ3v) is 2.99. The van der Waals surface area contributed by atoms with Gasteiger partial charge < -0.3 is 5.11 Å². The SMILES string of the molecule is Cc1nc(-c2ncn[nH]2)sc1CC(=O)O. The Labute approximate surface area is 89.0 Å². The molecule has 0 aliphatic carbocycles. The van der Waals surface area contributed by atoms with E-state index in [1.54, 1.807) is 6.92 Å². The van der Waals surface area contributed by atoms with Gasteiger partial charge in [-0.2, -0.15) is 5.10 Å². The monoisotopic (exact) mass is 224 g/mol. The molecule has 2 heterocycles. The van der Waals surface area contributed by atoms with E-state index in [4.69, 9.17) is 5.11 Å². The molecule has 15 heavy (non-hydrogen) atoms. The van der Waals surface area contributed by atoms with Crippen LogP contribution in [0, 0.1) is 6.92 Å². The van der Waals surface area contributed by atoms with Gasteiger partial charge in [-0.3, -0.25) is 9.89 Å². The fraction of sp³-hybridized carbons (Fsp3) is 0.250. The highest BCUT2D eigenvalue weighted by Crippen LogP contribution is 2.25. The molecule has 0 atom stereocenters. The van der Waals surface area contributed by atoms with Crippen LogP contribution in [0.4, 0.5) is 0 Å². The van der Waals surface area contributed by atoms with Crippen LogP contribution in [0.3, 0.4) is 0 Å². The smallest absolute Gasteiger partial charge is 0.308 e. The molecule has 2 N–H and O–H groups in total. The lowest BCUT2D eigenvalue weighted by molar-refractivity contribution is -0.136. The molecule has 6 nitrogen and oxygen atoms in total. The second-order valence-corrected chi connectivity index (χ2v) is 4.02. The molecule has 0 spiro atoms. The molecule has 2 aromatic heterocycles. The molecule has 0 bridgehead atoms. The molecule has 2 rings (SSSR count). The number of hydrogen-bond donors (Lipinski definition) is 2. The average Bonchev–Trinajstić information content (AvgIpc) is 2.75. The van der Waals surface area contributed by atoms with Crippen LogP contribution in [0.15, 0.2) is 6.33 Å². The van der Waals surface area contributed by atoms with Crippen LogP contribution in [0.1, 0.15) is 10.6 Å². The molecule has 0 aliphatic heterocycles. The van der Waals surface area contributed by atoms with Gasteiger partial charge in [0.1, 0.15) is 6.33 Å². The number of aromatic nitrogens is 4. The quantitative estimate of drug-likeness (QED) is 0.806. The Kier molecular flexibility index (Phi) is 2.46. The summed E-state index contributed by atoms with van der Waals surface area (Å²) in [5.41, 5.74) is 0.730. The molecule has 0 saturated carbocycles. The summed E-state index contributed by atoms with van der Waals surface area (Å²) < 4.78 is 0. The lowest BCUT2D eigenvalue weighted by Gasteiger charge is -1.89. The maximum Gasteiger partial charge on any atom is 0.308 e. The molecule has 2 aromatic rings. The van der Waals surface area contributed by atoms with Crippen LogP contribution in [0.2, 0.25) is 0 Å². The van der Waals surface area contributed by atoms with Crippen molar-refractivity contribution in [3.05, 3.63) is 16.9 Å². The standard InChI is InChI=1S/C8H8N4O2S/c1-4-5(2-6(13)14)15-8(11-4)7-9-3-10-12-7/h3H,2H2,1H3,(H,13,14)(H,9,10,12). The fourth-order valence-electron chi connectivity index (χ4n) is 1.14. The van der Waals surface area contributed by atoms with Crippen molar-refractivity contribution in [1.82, 2.24) is 20.2 Å². The number of hydrogen-bond acceptors (Lipinski definition) is 5. The van der Waals surface area contributed by atoms with Gasteiger partial charge in [0, 0.05) is 4.88 Å². The number of nitrogens with zero attached hydrogens (tertiary/aromatic N) is 3. The Hall–Kier alpha value is -1.76. The number of rotatable bonds is 3. The number of thiazole rings is 1. The average molecular weight is 224 g/mol. The highest BCUT2D eigenvalue weighted by molar-refractivity contribution is 7.15. The van der Waals surface area contributed by atoms with E-state index in [2.05, 4.69) is 20.2 Å². The lowest BCUT2D eigenvalue weighted by atomic mass is 10.3. The summed E-state index contributed by atoms with van der Waals surface area (Å²) in [6, 6.07) is 0. The third kappa shape index (κ3) is 2.01. The number of aryl methyl sites for hydroxylation is 1. The summed E-state index contributed by atoms with van der Waals surface area (Å²) in [6.07, 6.45) is 1.39. The molecule has 0 aliphatic rings. The lowest BCUT2D eigenvalue weighted by Crippen LogP contribution is -1.99. The van der Waals surface area contributed by atoms with Gasteiger partial charge in [0.25, 0.3) is 0 Å². The Morgan fingerprint density at radius 2 is 2.47 bits per heavy atom. The summed E-state index contributed by atoms with van der Waals surface area (Å²) in [7, 11) is 0. The first-order valence-electron chi connectivity index (χ1n) is 4.20. The van der Waals surface area contributed by atoms with Crippen molar-refractivity contribution in [3.8, 4) is 10.8 Å². The highest BCUT2D eigenvalue weighted by Gasteiger charge is 2.13. The van der Waals surface area contributed by atoms with Crippen molar-refractivity contribution in [2.24, 2.45) is 0 Å². The summed E-state index contributed by atoms with van der Waals surface area (Å²) in [4.78, 5) is 19.5. The predicted molar refractivity (Wildman–Crippen MR) is 53.6 cm³/mol. The van der Waals surface area contributed by atoms with Gasteiger partial charge in [0.15, 0.2) is 10.8 Å². The molecule has 0 saturated heterocycles. The number of carboxylic acids is 1. The van der Waals surface area contributed by atoms with E-state index < -0.39 is 5.97 Å². The van der Waals surface area contributed by atoms with Crippen LogP contribution in [-0.4, -0.2) is 31.2 Å². The molecule has 78 valence electrons. The van der Waals surface area contributed by atoms with E-state index in [0.717, 1.165) is 10.6 Å². The normalized spacial score (nSPS) is 10.5. The van der Waals surface area contributed by atoms with E-state index >= 15 is 0 Å². The largest absolute Gasteiger partial charge is 0.481 e. The van der Waals surface area contributed by atoms with Crippen molar-refractivity contribution < 1.29 is 9.90 Å². The minimum Gasteiger partial charge on any atom is -0.481 e. The first-order chi connectivity index (χ1) is 7.16. The summed E-state index contributed by atoms with van der Waals surface area (Å²) >= 11 is 1.32. The zero-order chi connectivity index (χ0) is 10.8. The van der Waals surface area contributed by atoms with E-state index in [0.29, 0.717) is 10.8 Å². The number of H-pyrrole nitrogens is 1. The molecule has 0 aromatic carbocycles. The number of carboxylic acid groups (broad SMARTS) is 1. The topological polar surface area (TPSA) is 91.8 Å².